The van der Waals surface area contributed by atoms with Crippen molar-refractivity contribution < 1.29 is 13.6 Å². The first-order chi connectivity index (χ1) is 12.1. The Morgan fingerprint density at radius 1 is 1.24 bits per heavy atom. The van der Waals surface area contributed by atoms with Crippen molar-refractivity contribution in [3.63, 3.8) is 0 Å². The Labute approximate surface area is 150 Å². The number of hydrogen-bond acceptors (Lipinski definition) is 4. The summed E-state index contributed by atoms with van der Waals surface area (Å²) in [5.74, 6) is 0.360. The van der Waals surface area contributed by atoms with Gasteiger partial charge in [0.1, 0.15) is 17.2 Å². The molecular formula is C19H17FN2O2S. The zero-order chi connectivity index (χ0) is 17.6. The Hall–Kier alpha value is -2.47. The Bertz CT molecular complexity index is 962. The molecule has 1 fully saturated rings. The molecule has 0 spiro atoms. The monoisotopic (exact) mass is 356 g/mol. The van der Waals surface area contributed by atoms with Gasteiger partial charge in [-0.2, -0.15) is 0 Å². The van der Waals surface area contributed by atoms with Gasteiger partial charge in [0, 0.05) is 24.1 Å². The van der Waals surface area contributed by atoms with Gasteiger partial charge in [-0.05, 0) is 54.7 Å². The van der Waals surface area contributed by atoms with Gasteiger partial charge in [0.15, 0.2) is 0 Å². The summed E-state index contributed by atoms with van der Waals surface area (Å²) in [4.78, 5) is 12.5. The highest BCUT2D eigenvalue weighted by Crippen LogP contribution is 2.46. The van der Waals surface area contributed by atoms with E-state index in [4.69, 9.17) is 4.42 Å². The molecule has 128 valence electrons. The van der Waals surface area contributed by atoms with E-state index in [1.165, 1.54) is 12.1 Å². The second kappa shape index (κ2) is 6.11. The van der Waals surface area contributed by atoms with Crippen molar-refractivity contribution in [3.05, 3.63) is 53.3 Å². The molecule has 0 radical (unpaired) electrons. The smallest absolute Gasteiger partial charge is 0.255 e. The first kappa shape index (κ1) is 16.0. The molecular weight excluding hydrogens is 339 g/mol. The molecule has 25 heavy (non-hydrogen) atoms. The molecule has 1 heterocycles. The maximum absolute atomic E-state index is 13.3. The van der Waals surface area contributed by atoms with E-state index in [9.17, 15) is 9.18 Å². The molecule has 1 aliphatic rings. The molecule has 0 unspecified atom stereocenters. The Kier molecular flexibility index (Phi) is 3.92. The third-order valence-corrected chi connectivity index (χ3v) is 4.80. The third-order valence-electron chi connectivity index (χ3n) is 4.56. The van der Waals surface area contributed by atoms with E-state index in [1.54, 1.807) is 19.2 Å². The minimum atomic E-state index is -0.334. The Morgan fingerprint density at radius 2 is 1.96 bits per heavy atom. The van der Waals surface area contributed by atoms with Crippen LogP contribution in [-0.2, 0) is 0 Å². The van der Waals surface area contributed by atoms with Crippen LogP contribution in [0.4, 0.5) is 10.1 Å². The lowest BCUT2D eigenvalue weighted by Gasteiger charge is -2.07. The van der Waals surface area contributed by atoms with Crippen molar-refractivity contribution in [1.29, 1.82) is 0 Å². The number of furan rings is 1. The van der Waals surface area contributed by atoms with Gasteiger partial charge in [0.05, 0.1) is 11.3 Å². The minimum absolute atomic E-state index is 0.230. The zero-order valence-electron chi connectivity index (χ0n) is 13.6. The number of benzene rings is 2. The van der Waals surface area contributed by atoms with Crippen LogP contribution in [0.1, 0.15) is 34.7 Å². The van der Waals surface area contributed by atoms with Crippen molar-refractivity contribution >= 4 is 35.4 Å². The maximum atomic E-state index is 13.3. The van der Waals surface area contributed by atoms with E-state index in [-0.39, 0.29) is 11.7 Å². The molecule has 1 amide bonds. The molecule has 0 atom stereocenters. The molecule has 1 aliphatic carbocycles. The number of halogens is 1. The highest BCUT2D eigenvalue weighted by molar-refractivity contribution is 7.81. The topological polar surface area (TPSA) is 54.3 Å². The van der Waals surface area contributed by atoms with Crippen LogP contribution >= 0.6 is 12.8 Å². The molecule has 1 saturated carbocycles. The van der Waals surface area contributed by atoms with Crippen molar-refractivity contribution in [2.75, 3.05) is 11.8 Å². The Balaban J connectivity index is 1.98. The first-order valence-electron chi connectivity index (χ1n) is 8.11. The van der Waals surface area contributed by atoms with Gasteiger partial charge < -0.3 is 14.5 Å². The number of thiol groups is 1. The quantitative estimate of drug-likeness (QED) is 0.592. The fourth-order valence-electron chi connectivity index (χ4n) is 3.14. The van der Waals surface area contributed by atoms with Gasteiger partial charge in [0.2, 0.25) is 0 Å². The molecule has 6 heteroatoms. The fraction of sp³-hybridized carbons (Fsp3) is 0.211. The van der Waals surface area contributed by atoms with E-state index < -0.39 is 0 Å². The van der Waals surface area contributed by atoms with E-state index in [0.717, 1.165) is 29.5 Å². The summed E-state index contributed by atoms with van der Waals surface area (Å²) in [5.41, 5.74) is 3.75. The van der Waals surface area contributed by atoms with Gasteiger partial charge >= 0.3 is 0 Å². The van der Waals surface area contributed by atoms with Crippen LogP contribution in [-0.4, -0.2) is 13.0 Å². The normalized spacial score (nSPS) is 13.9. The zero-order valence-corrected chi connectivity index (χ0v) is 14.5. The number of fused-ring (bicyclic) bond motifs is 1. The Morgan fingerprint density at radius 3 is 2.56 bits per heavy atom. The van der Waals surface area contributed by atoms with E-state index in [2.05, 4.69) is 22.9 Å². The van der Waals surface area contributed by atoms with Gasteiger partial charge in [-0.3, -0.25) is 4.79 Å². The van der Waals surface area contributed by atoms with Crippen molar-refractivity contribution in [1.82, 2.24) is 5.32 Å². The summed E-state index contributed by atoms with van der Waals surface area (Å²) >= 11 is 4.19. The highest BCUT2D eigenvalue weighted by Gasteiger charge is 2.29. The van der Waals surface area contributed by atoms with Gasteiger partial charge in [-0.25, -0.2) is 4.39 Å². The number of carbonyl (C=O) groups is 1. The summed E-state index contributed by atoms with van der Waals surface area (Å²) in [6, 6.07) is 9.80. The fourth-order valence-corrected chi connectivity index (χ4v) is 3.34. The average molecular weight is 356 g/mol. The van der Waals surface area contributed by atoms with Crippen LogP contribution < -0.4 is 10.0 Å². The summed E-state index contributed by atoms with van der Waals surface area (Å²) in [5, 5.41) is 3.43. The van der Waals surface area contributed by atoms with Gasteiger partial charge in [-0.1, -0.05) is 12.8 Å². The van der Waals surface area contributed by atoms with Crippen LogP contribution in [0.5, 0.6) is 0 Å². The molecule has 0 saturated heterocycles. The SMILES string of the molecule is CNC(=O)c1c(-c2ccc(F)cc2)oc2cc(NS)c(C3CC3)cc12. The predicted molar refractivity (Wildman–Crippen MR) is 99.6 cm³/mol. The average Bonchev–Trinajstić information content (AvgIpc) is 3.41. The first-order valence-corrected chi connectivity index (χ1v) is 8.55. The lowest BCUT2D eigenvalue weighted by atomic mass is 10.0. The molecule has 0 aliphatic heterocycles. The molecule has 0 bridgehead atoms. The lowest BCUT2D eigenvalue weighted by molar-refractivity contribution is 0.0964. The molecule has 3 aromatic rings. The molecule has 4 rings (SSSR count). The van der Waals surface area contributed by atoms with Crippen LogP contribution in [0.15, 0.2) is 40.8 Å². The van der Waals surface area contributed by atoms with Crippen molar-refractivity contribution in [2.45, 2.75) is 18.8 Å². The second-order valence-electron chi connectivity index (χ2n) is 6.21. The molecule has 4 nitrogen and oxygen atoms in total. The predicted octanol–water partition coefficient (Wildman–Crippen LogP) is 4.73. The molecule has 1 aromatic heterocycles. The summed E-state index contributed by atoms with van der Waals surface area (Å²) in [6.07, 6.45) is 2.26. The minimum Gasteiger partial charge on any atom is -0.455 e. The van der Waals surface area contributed by atoms with Crippen LogP contribution in [0, 0.1) is 5.82 Å². The van der Waals surface area contributed by atoms with Crippen LogP contribution in [0.25, 0.3) is 22.3 Å². The molecule has 2 aromatic carbocycles. The van der Waals surface area contributed by atoms with E-state index >= 15 is 0 Å². The summed E-state index contributed by atoms with van der Waals surface area (Å²) < 4.78 is 22.2. The van der Waals surface area contributed by atoms with Gasteiger partial charge in [0.25, 0.3) is 5.91 Å². The van der Waals surface area contributed by atoms with Gasteiger partial charge in [-0.15, -0.1) is 0 Å². The van der Waals surface area contributed by atoms with E-state index in [0.29, 0.717) is 28.4 Å². The highest BCUT2D eigenvalue weighted by atomic mass is 32.1. The standard InChI is InChI=1S/C19H17FN2O2S/c1-21-19(23)17-14-8-13(10-2-3-10)15(22-25)9-16(14)24-18(17)11-4-6-12(20)7-5-11/h4-10,22,25H,2-3H2,1H3,(H,21,23). The number of carbonyl (C=O) groups excluding carboxylic acids is 1. The maximum Gasteiger partial charge on any atom is 0.255 e. The third kappa shape index (κ3) is 2.76. The van der Waals surface area contributed by atoms with Crippen LogP contribution in [0.3, 0.4) is 0 Å². The molecule has 2 N–H and O–H groups in total. The summed E-state index contributed by atoms with van der Waals surface area (Å²) in [6.45, 7) is 0. The second-order valence-corrected chi connectivity index (χ2v) is 6.44. The number of rotatable bonds is 4. The lowest BCUT2D eigenvalue weighted by Crippen LogP contribution is -2.18. The largest absolute Gasteiger partial charge is 0.455 e. The number of amides is 1. The summed E-state index contributed by atoms with van der Waals surface area (Å²) in [7, 11) is 1.58. The van der Waals surface area contributed by atoms with Crippen LogP contribution in [0.2, 0.25) is 0 Å². The van der Waals surface area contributed by atoms with E-state index in [1.807, 2.05) is 12.1 Å². The number of hydrogen-bond donors (Lipinski definition) is 3. The number of anilines is 1. The van der Waals surface area contributed by atoms with Crippen molar-refractivity contribution in [3.8, 4) is 11.3 Å². The number of nitrogens with one attached hydrogen (secondary N) is 2. The van der Waals surface area contributed by atoms with Crippen molar-refractivity contribution in [2.24, 2.45) is 0 Å².